The Bertz CT molecular complexity index is 1150. The lowest BCUT2D eigenvalue weighted by molar-refractivity contribution is -0.140. The maximum Gasteiger partial charge on any atom is 0.434 e. The molecule has 3 aromatic rings. The molecule has 1 aliphatic carbocycles. The summed E-state index contributed by atoms with van der Waals surface area (Å²) in [6.07, 6.45) is -2.46. The minimum Gasteiger partial charge on any atom is -0.272 e. The normalized spacial score (nSPS) is 18.6. The molecule has 4 rings (SSSR count). The predicted octanol–water partition coefficient (Wildman–Crippen LogP) is 3.68. The van der Waals surface area contributed by atoms with Crippen molar-refractivity contribution in [2.75, 3.05) is 0 Å². The van der Waals surface area contributed by atoms with Crippen molar-refractivity contribution in [2.45, 2.75) is 32.0 Å². The van der Waals surface area contributed by atoms with Crippen molar-refractivity contribution in [1.82, 2.24) is 19.2 Å². The fourth-order valence-corrected chi connectivity index (χ4v) is 3.01. The van der Waals surface area contributed by atoms with Gasteiger partial charge >= 0.3 is 6.18 Å². The van der Waals surface area contributed by atoms with Crippen LogP contribution in [0.2, 0.25) is 0 Å². The summed E-state index contributed by atoms with van der Waals surface area (Å²) < 4.78 is 82.3. The molecule has 0 saturated heterocycles. The lowest BCUT2D eigenvalue weighted by Gasteiger charge is -2.13. The summed E-state index contributed by atoms with van der Waals surface area (Å²) in [5, 5.41) is 3.78. The minimum absolute atomic E-state index is 0.0333. The van der Waals surface area contributed by atoms with Crippen molar-refractivity contribution in [1.29, 1.82) is 0 Å². The summed E-state index contributed by atoms with van der Waals surface area (Å²) in [6.45, 7) is 1.14. The number of pyridine rings is 1. The molecule has 5 nitrogen and oxygen atoms in total. The molecule has 28 heavy (non-hydrogen) atoms. The molecular formula is C17H12F6N4O. The van der Waals surface area contributed by atoms with Gasteiger partial charge in [-0.1, -0.05) is 0 Å². The molecule has 11 heteroatoms. The first kappa shape index (κ1) is 18.5. The third-order valence-corrected chi connectivity index (χ3v) is 4.66. The van der Waals surface area contributed by atoms with E-state index in [0.717, 1.165) is 29.3 Å². The molecule has 0 aliphatic heterocycles. The molecule has 0 aromatic carbocycles. The topological polar surface area (TPSA) is 52.2 Å². The molecule has 3 heterocycles. The van der Waals surface area contributed by atoms with Gasteiger partial charge in [0.1, 0.15) is 11.5 Å². The summed E-state index contributed by atoms with van der Waals surface area (Å²) in [4.78, 5) is 16.2. The first-order chi connectivity index (χ1) is 13.0. The molecule has 0 N–H and O–H groups in total. The van der Waals surface area contributed by atoms with Gasteiger partial charge in [0.2, 0.25) is 0 Å². The number of aromatic nitrogens is 4. The highest BCUT2D eigenvalue weighted by atomic mass is 19.4. The molecular weight excluding hydrogens is 390 g/mol. The Hall–Kier alpha value is -2.85. The quantitative estimate of drug-likeness (QED) is 0.628. The number of nitrogens with zero attached hydrogens (tertiary/aromatic N) is 4. The predicted molar refractivity (Wildman–Crippen MR) is 85.4 cm³/mol. The number of hydrogen-bond donors (Lipinski definition) is 0. The molecule has 1 saturated carbocycles. The fourth-order valence-electron chi connectivity index (χ4n) is 3.01. The monoisotopic (exact) mass is 402 g/mol. The Labute approximate surface area is 153 Å². The van der Waals surface area contributed by atoms with E-state index in [2.05, 4.69) is 10.1 Å². The van der Waals surface area contributed by atoms with Crippen LogP contribution in [0.15, 0.2) is 29.5 Å². The van der Waals surface area contributed by atoms with Crippen molar-refractivity contribution < 1.29 is 26.3 Å². The second kappa shape index (κ2) is 5.82. The minimum atomic E-state index is -4.96. The van der Waals surface area contributed by atoms with Crippen molar-refractivity contribution in [2.24, 2.45) is 5.92 Å². The van der Waals surface area contributed by atoms with E-state index in [-0.39, 0.29) is 29.7 Å². The molecule has 1 atom stereocenters. The van der Waals surface area contributed by atoms with Gasteiger partial charge < -0.3 is 0 Å². The largest absolute Gasteiger partial charge is 0.434 e. The third-order valence-electron chi connectivity index (χ3n) is 4.66. The van der Waals surface area contributed by atoms with Crippen LogP contribution in [-0.2, 0) is 12.7 Å². The van der Waals surface area contributed by atoms with Crippen LogP contribution in [0.1, 0.15) is 17.7 Å². The SMILES string of the molecule is Cc1cc2nc(C(F)(F)F)c(-c3cnn(C[C@@H]4CC4(F)F)c3)c(=O)n2cc1F. The van der Waals surface area contributed by atoms with E-state index in [4.69, 9.17) is 0 Å². The second-order valence-electron chi connectivity index (χ2n) is 6.78. The smallest absolute Gasteiger partial charge is 0.272 e. The average molecular weight is 402 g/mol. The van der Waals surface area contributed by atoms with Crippen LogP contribution in [0.4, 0.5) is 26.3 Å². The van der Waals surface area contributed by atoms with Gasteiger partial charge in [0.25, 0.3) is 11.5 Å². The van der Waals surface area contributed by atoms with E-state index in [1.807, 2.05) is 0 Å². The Kier molecular flexibility index (Phi) is 3.85. The van der Waals surface area contributed by atoms with E-state index in [0.29, 0.717) is 4.40 Å². The van der Waals surface area contributed by atoms with E-state index < -0.39 is 40.7 Å². The molecule has 0 radical (unpaired) electrons. The standard InChI is InChI=1S/C17H12F6N4O/c1-8-2-12-25-14(17(21,22)23)13(15(28)27(12)7-11(8)18)9-4-24-26(5-9)6-10-3-16(10,19)20/h2,4-5,7,10H,3,6H2,1H3/t10-/m0/s1. The van der Waals surface area contributed by atoms with Gasteiger partial charge in [-0.2, -0.15) is 18.3 Å². The van der Waals surface area contributed by atoms with Crippen LogP contribution >= 0.6 is 0 Å². The van der Waals surface area contributed by atoms with Gasteiger partial charge in [0.15, 0.2) is 5.69 Å². The summed E-state index contributed by atoms with van der Waals surface area (Å²) in [5.41, 5.74) is -3.95. The summed E-state index contributed by atoms with van der Waals surface area (Å²) in [6, 6.07) is 1.04. The molecule has 1 aliphatic rings. The van der Waals surface area contributed by atoms with E-state index in [1.165, 1.54) is 6.92 Å². The second-order valence-corrected chi connectivity index (χ2v) is 6.78. The Morgan fingerprint density at radius 3 is 2.57 bits per heavy atom. The first-order valence-electron chi connectivity index (χ1n) is 8.18. The average Bonchev–Trinajstić information content (AvgIpc) is 2.97. The van der Waals surface area contributed by atoms with Crippen molar-refractivity contribution in [3.05, 3.63) is 52.1 Å². The van der Waals surface area contributed by atoms with Gasteiger partial charge in [0.05, 0.1) is 18.0 Å². The highest BCUT2D eigenvalue weighted by Crippen LogP contribution is 2.49. The number of alkyl halides is 5. The molecule has 0 amide bonds. The number of hydrogen-bond acceptors (Lipinski definition) is 3. The zero-order valence-corrected chi connectivity index (χ0v) is 14.3. The van der Waals surface area contributed by atoms with Gasteiger partial charge in [-0.15, -0.1) is 0 Å². The Morgan fingerprint density at radius 2 is 1.96 bits per heavy atom. The lowest BCUT2D eigenvalue weighted by Crippen LogP contribution is -2.24. The highest BCUT2D eigenvalue weighted by molar-refractivity contribution is 5.66. The van der Waals surface area contributed by atoms with Gasteiger partial charge in [0, 0.05) is 30.6 Å². The molecule has 3 aromatic heterocycles. The molecule has 0 bridgehead atoms. The summed E-state index contributed by atoms with van der Waals surface area (Å²) in [7, 11) is 0. The van der Waals surface area contributed by atoms with Gasteiger partial charge in [-0.3, -0.25) is 13.9 Å². The number of rotatable bonds is 3. The maximum atomic E-state index is 13.8. The van der Waals surface area contributed by atoms with Crippen molar-refractivity contribution in [3.63, 3.8) is 0 Å². The number of aryl methyl sites for hydroxylation is 1. The molecule has 0 unspecified atom stereocenters. The van der Waals surface area contributed by atoms with E-state index >= 15 is 0 Å². The number of fused-ring (bicyclic) bond motifs is 1. The summed E-state index contributed by atoms with van der Waals surface area (Å²) >= 11 is 0. The van der Waals surface area contributed by atoms with Crippen LogP contribution in [0.25, 0.3) is 16.8 Å². The number of halogens is 6. The van der Waals surface area contributed by atoms with Crippen LogP contribution in [0.3, 0.4) is 0 Å². The third kappa shape index (κ3) is 3.04. The van der Waals surface area contributed by atoms with Gasteiger partial charge in [-0.05, 0) is 18.6 Å². The molecule has 0 spiro atoms. The Balaban J connectivity index is 1.88. The highest BCUT2D eigenvalue weighted by Gasteiger charge is 2.56. The van der Waals surface area contributed by atoms with E-state index in [9.17, 15) is 31.1 Å². The molecule has 148 valence electrons. The molecule has 1 fully saturated rings. The van der Waals surface area contributed by atoms with Crippen molar-refractivity contribution in [3.8, 4) is 11.1 Å². The van der Waals surface area contributed by atoms with Gasteiger partial charge in [-0.25, -0.2) is 18.2 Å². The van der Waals surface area contributed by atoms with E-state index in [1.54, 1.807) is 0 Å². The maximum absolute atomic E-state index is 13.8. The zero-order chi connectivity index (χ0) is 20.4. The first-order valence-corrected chi connectivity index (χ1v) is 8.18. The zero-order valence-electron chi connectivity index (χ0n) is 14.3. The van der Waals surface area contributed by atoms with Crippen molar-refractivity contribution >= 4 is 5.65 Å². The van der Waals surface area contributed by atoms with Crippen LogP contribution < -0.4 is 5.56 Å². The van der Waals surface area contributed by atoms with Crippen LogP contribution in [-0.4, -0.2) is 25.1 Å². The Morgan fingerprint density at radius 1 is 1.29 bits per heavy atom. The van der Waals surface area contributed by atoms with Crippen LogP contribution in [0, 0.1) is 18.7 Å². The fraction of sp³-hybridized carbons (Fsp3) is 0.353. The summed E-state index contributed by atoms with van der Waals surface area (Å²) in [5.74, 6) is -4.55. The van der Waals surface area contributed by atoms with Crippen LogP contribution in [0.5, 0.6) is 0 Å². The lowest BCUT2D eigenvalue weighted by atomic mass is 10.1.